The minimum atomic E-state index is -0.285. The molecule has 0 bridgehead atoms. The first-order chi connectivity index (χ1) is 16.0. The van der Waals surface area contributed by atoms with Gasteiger partial charge in [-0.15, -0.1) is 0 Å². The van der Waals surface area contributed by atoms with Crippen molar-refractivity contribution >= 4 is 22.8 Å². The van der Waals surface area contributed by atoms with Crippen molar-refractivity contribution in [1.29, 1.82) is 0 Å². The molecule has 0 amide bonds. The van der Waals surface area contributed by atoms with E-state index in [1.54, 1.807) is 11.6 Å². The van der Waals surface area contributed by atoms with Crippen LogP contribution >= 0.6 is 0 Å². The molecular weight excluding hydrogens is 416 g/mol. The number of anilines is 2. The van der Waals surface area contributed by atoms with Crippen LogP contribution in [0.3, 0.4) is 0 Å². The summed E-state index contributed by atoms with van der Waals surface area (Å²) in [6.07, 6.45) is 4.64. The Morgan fingerprint density at radius 2 is 1.73 bits per heavy atom. The van der Waals surface area contributed by atoms with Gasteiger partial charge in [-0.05, 0) is 56.0 Å². The molecule has 0 saturated carbocycles. The van der Waals surface area contributed by atoms with E-state index in [1.807, 2.05) is 4.57 Å². The van der Waals surface area contributed by atoms with Crippen molar-refractivity contribution in [2.24, 2.45) is 13.0 Å². The lowest BCUT2D eigenvalue weighted by Crippen LogP contribution is -2.43. The van der Waals surface area contributed by atoms with Crippen LogP contribution in [0, 0.1) is 5.92 Å². The highest BCUT2D eigenvalue weighted by Crippen LogP contribution is 2.32. The summed E-state index contributed by atoms with van der Waals surface area (Å²) in [5.74, 6) is 1.09. The van der Waals surface area contributed by atoms with Crippen LogP contribution in [-0.2, 0) is 26.6 Å². The topological polar surface area (TPSA) is 68.3 Å². The van der Waals surface area contributed by atoms with E-state index in [-0.39, 0.29) is 11.2 Å². The van der Waals surface area contributed by atoms with Crippen LogP contribution in [-0.4, -0.2) is 49.8 Å². The first-order valence-corrected chi connectivity index (χ1v) is 12.3. The Morgan fingerprint density at radius 3 is 2.42 bits per heavy atom. The van der Waals surface area contributed by atoms with Crippen molar-refractivity contribution in [2.75, 3.05) is 31.1 Å². The van der Waals surface area contributed by atoms with E-state index in [9.17, 15) is 9.59 Å². The number of benzene rings is 1. The minimum Gasteiger partial charge on any atom is -0.312 e. The molecule has 3 aromatic rings. The smallest absolute Gasteiger partial charge is 0.312 e. The maximum absolute atomic E-state index is 13.6. The van der Waals surface area contributed by atoms with Crippen molar-refractivity contribution in [3.8, 4) is 0 Å². The molecule has 8 heteroatoms. The maximum Gasteiger partial charge on any atom is 0.332 e. The zero-order valence-corrected chi connectivity index (χ0v) is 20.0. The van der Waals surface area contributed by atoms with Gasteiger partial charge in [-0.25, -0.2) is 4.79 Å². The third-order valence-electron chi connectivity index (χ3n) is 7.19. The van der Waals surface area contributed by atoms with Gasteiger partial charge < -0.3 is 14.4 Å². The summed E-state index contributed by atoms with van der Waals surface area (Å²) in [4.78, 5) is 36.1. The van der Waals surface area contributed by atoms with Gasteiger partial charge in [-0.1, -0.05) is 32.4 Å². The number of piperidine rings is 1. The monoisotopic (exact) mass is 450 g/mol. The Bertz CT molecular complexity index is 1260. The summed E-state index contributed by atoms with van der Waals surface area (Å²) < 4.78 is 4.98. The number of likely N-dealkylation sites (tertiary alicyclic amines) is 1. The van der Waals surface area contributed by atoms with E-state index >= 15 is 0 Å². The van der Waals surface area contributed by atoms with Crippen LogP contribution in [0.5, 0.6) is 0 Å². The van der Waals surface area contributed by atoms with Gasteiger partial charge in [-0.3, -0.25) is 13.9 Å². The Morgan fingerprint density at radius 1 is 1.00 bits per heavy atom. The van der Waals surface area contributed by atoms with Crippen LogP contribution in [0.1, 0.15) is 38.7 Å². The molecular formula is C25H34N6O2. The average molecular weight is 451 g/mol. The van der Waals surface area contributed by atoms with Crippen LogP contribution in [0.25, 0.3) is 11.2 Å². The predicted molar refractivity (Wildman–Crippen MR) is 132 cm³/mol. The summed E-state index contributed by atoms with van der Waals surface area (Å²) >= 11 is 0. The summed E-state index contributed by atoms with van der Waals surface area (Å²) in [6.45, 7) is 9.12. The molecule has 0 radical (unpaired) electrons. The number of nitrogens with zero attached hydrogens (tertiary/aromatic N) is 6. The molecule has 2 aliphatic rings. The second-order valence-electron chi connectivity index (χ2n) is 9.63. The molecule has 4 heterocycles. The first-order valence-electron chi connectivity index (χ1n) is 12.3. The second-order valence-corrected chi connectivity index (χ2v) is 9.63. The van der Waals surface area contributed by atoms with Crippen LogP contribution < -0.4 is 16.1 Å². The third-order valence-corrected chi connectivity index (χ3v) is 7.19. The van der Waals surface area contributed by atoms with Gasteiger partial charge in [0.25, 0.3) is 5.56 Å². The zero-order valence-electron chi connectivity index (χ0n) is 20.0. The fourth-order valence-electron chi connectivity index (χ4n) is 5.26. The standard InChI is InChI=1S/C25H34N6O2/c1-4-19-8-10-20(11-9-19)30-16-18(2)17-31-21-22(26-24(30)31)27(3)25(33)29(23(21)32)15-14-28-12-6-5-7-13-28/h8-11,18H,4-7,12-17H2,1-3H3/t18-/m1/s1. The van der Waals surface area contributed by atoms with Crippen LogP contribution in [0.4, 0.5) is 11.6 Å². The summed E-state index contributed by atoms with van der Waals surface area (Å²) in [5, 5.41) is 0. The summed E-state index contributed by atoms with van der Waals surface area (Å²) in [5.41, 5.74) is 2.85. The molecule has 1 atom stereocenters. The molecule has 1 saturated heterocycles. The van der Waals surface area contributed by atoms with Gasteiger partial charge in [0.2, 0.25) is 5.95 Å². The van der Waals surface area contributed by atoms with E-state index in [1.165, 1.54) is 29.4 Å². The van der Waals surface area contributed by atoms with Gasteiger partial charge >= 0.3 is 5.69 Å². The summed E-state index contributed by atoms with van der Waals surface area (Å²) in [6, 6.07) is 8.53. The van der Waals surface area contributed by atoms with Crippen molar-refractivity contribution in [1.82, 2.24) is 23.6 Å². The minimum absolute atomic E-state index is 0.223. The van der Waals surface area contributed by atoms with E-state index in [0.717, 1.165) is 50.8 Å². The van der Waals surface area contributed by atoms with Gasteiger partial charge in [0, 0.05) is 38.9 Å². The Labute approximate surface area is 194 Å². The van der Waals surface area contributed by atoms with Gasteiger partial charge in [0.1, 0.15) is 0 Å². The lowest BCUT2D eigenvalue weighted by atomic mass is 10.1. The van der Waals surface area contributed by atoms with Crippen molar-refractivity contribution in [3.63, 3.8) is 0 Å². The highest BCUT2D eigenvalue weighted by atomic mass is 16.2. The highest BCUT2D eigenvalue weighted by molar-refractivity contribution is 5.77. The predicted octanol–water partition coefficient (Wildman–Crippen LogP) is 2.73. The quantitative estimate of drug-likeness (QED) is 0.598. The van der Waals surface area contributed by atoms with Crippen molar-refractivity contribution < 1.29 is 0 Å². The number of rotatable bonds is 5. The number of aromatic nitrogens is 4. The third kappa shape index (κ3) is 3.90. The lowest BCUT2D eigenvalue weighted by Gasteiger charge is -2.33. The van der Waals surface area contributed by atoms with E-state index in [4.69, 9.17) is 4.98 Å². The normalized spacial score (nSPS) is 19.2. The van der Waals surface area contributed by atoms with Gasteiger partial charge in [0.15, 0.2) is 11.2 Å². The van der Waals surface area contributed by atoms with Gasteiger partial charge in [-0.2, -0.15) is 4.98 Å². The molecule has 1 fully saturated rings. The Kier molecular flexibility index (Phi) is 5.86. The Balaban J connectivity index is 1.58. The zero-order chi connectivity index (χ0) is 23.1. The average Bonchev–Trinajstić information content (AvgIpc) is 3.22. The first kappa shape index (κ1) is 21.9. The van der Waals surface area contributed by atoms with Crippen LogP contribution in [0.15, 0.2) is 33.9 Å². The molecule has 5 rings (SSSR count). The summed E-state index contributed by atoms with van der Waals surface area (Å²) in [7, 11) is 1.73. The number of hydrogen-bond acceptors (Lipinski definition) is 5. The van der Waals surface area contributed by atoms with Crippen molar-refractivity contribution in [2.45, 2.75) is 52.6 Å². The molecule has 176 valence electrons. The van der Waals surface area contributed by atoms with E-state index < -0.39 is 0 Å². The lowest BCUT2D eigenvalue weighted by molar-refractivity contribution is 0.218. The fourth-order valence-corrected chi connectivity index (χ4v) is 5.26. The SMILES string of the molecule is CCc1ccc(N2C[C@@H](C)Cn3c2nc2c3c(=O)n(CCN3CCCCC3)c(=O)n2C)cc1. The molecule has 8 nitrogen and oxygen atoms in total. The molecule has 33 heavy (non-hydrogen) atoms. The number of fused-ring (bicyclic) bond motifs is 3. The molecule has 0 aliphatic carbocycles. The molecule has 2 aromatic heterocycles. The highest BCUT2D eigenvalue weighted by Gasteiger charge is 2.30. The largest absolute Gasteiger partial charge is 0.332 e. The maximum atomic E-state index is 13.6. The molecule has 1 aromatic carbocycles. The second kappa shape index (κ2) is 8.82. The molecule has 0 N–H and O–H groups in total. The molecule has 0 spiro atoms. The van der Waals surface area contributed by atoms with Crippen LogP contribution in [0.2, 0.25) is 0 Å². The fraction of sp³-hybridized carbons (Fsp3) is 0.560. The van der Waals surface area contributed by atoms with Gasteiger partial charge in [0.05, 0.1) is 0 Å². The number of aryl methyl sites for hydroxylation is 2. The number of hydrogen-bond donors (Lipinski definition) is 0. The van der Waals surface area contributed by atoms with E-state index in [0.29, 0.717) is 23.6 Å². The Hall–Kier alpha value is -2.87. The van der Waals surface area contributed by atoms with E-state index in [2.05, 4.69) is 47.9 Å². The molecule has 2 aliphatic heterocycles. The molecule has 0 unspecified atom stereocenters. The van der Waals surface area contributed by atoms with Crippen molar-refractivity contribution in [3.05, 3.63) is 50.7 Å². The number of imidazole rings is 1.